The molecule has 0 amide bonds. The largest absolute Gasteiger partial charge is 0.390 e. The standard InChI is InChI=1S/C9H10BrN3O2/c10-5-7(14)6-12-3-4-13-8(9(12)15)1-2-11-13/h1-4,7,14H,5-6H2. The van der Waals surface area contributed by atoms with Gasteiger partial charge in [-0.25, -0.2) is 4.52 Å². The van der Waals surface area contributed by atoms with Gasteiger partial charge in [-0.2, -0.15) is 5.10 Å². The Morgan fingerprint density at radius 2 is 2.33 bits per heavy atom. The highest BCUT2D eigenvalue weighted by Gasteiger charge is 2.07. The molecular formula is C9H10BrN3O2. The monoisotopic (exact) mass is 271 g/mol. The number of hydrogen-bond donors (Lipinski definition) is 1. The fraction of sp³-hybridized carbons (Fsp3) is 0.333. The number of nitrogens with zero attached hydrogens (tertiary/aromatic N) is 3. The van der Waals surface area contributed by atoms with Gasteiger partial charge in [-0.1, -0.05) is 15.9 Å². The smallest absolute Gasteiger partial charge is 0.276 e. The van der Waals surface area contributed by atoms with Gasteiger partial charge < -0.3 is 9.67 Å². The van der Waals surface area contributed by atoms with Gasteiger partial charge >= 0.3 is 0 Å². The van der Waals surface area contributed by atoms with Gasteiger partial charge in [0.2, 0.25) is 0 Å². The number of fused-ring (bicyclic) bond motifs is 1. The van der Waals surface area contributed by atoms with Crippen molar-refractivity contribution in [2.75, 3.05) is 5.33 Å². The van der Waals surface area contributed by atoms with Crippen molar-refractivity contribution in [1.82, 2.24) is 14.2 Å². The summed E-state index contributed by atoms with van der Waals surface area (Å²) in [7, 11) is 0. The highest BCUT2D eigenvalue weighted by atomic mass is 79.9. The van der Waals surface area contributed by atoms with Gasteiger partial charge in [0.05, 0.1) is 18.8 Å². The van der Waals surface area contributed by atoms with Crippen molar-refractivity contribution >= 4 is 21.4 Å². The van der Waals surface area contributed by atoms with Crippen LogP contribution in [-0.4, -0.2) is 30.7 Å². The van der Waals surface area contributed by atoms with Gasteiger partial charge in [-0.3, -0.25) is 4.79 Å². The van der Waals surface area contributed by atoms with E-state index in [0.717, 1.165) is 0 Å². The second-order valence-corrected chi connectivity index (χ2v) is 3.87. The van der Waals surface area contributed by atoms with E-state index in [-0.39, 0.29) is 12.1 Å². The third-order valence-corrected chi connectivity index (χ3v) is 2.87. The van der Waals surface area contributed by atoms with E-state index in [1.807, 2.05) is 0 Å². The van der Waals surface area contributed by atoms with Gasteiger partial charge in [0.15, 0.2) is 0 Å². The highest BCUT2D eigenvalue weighted by molar-refractivity contribution is 9.09. The maximum absolute atomic E-state index is 11.8. The van der Waals surface area contributed by atoms with Crippen LogP contribution in [0.25, 0.3) is 5.52 Å². The van der Waals surface area contributed by atoms with Crippen LogP contribution in [-0.2, 0) is 6.54 Å². The third-order valence-electron chi connectivity index (χ3n) is 2.12. The number of alkyl halides is 1. The van der Waals surface area contributed by atoms with Crippen LogP contribution in [0.5, 0.6) is 0 Å². The van der Waals surface area contributed by atoms with Crippen molar-refractivity contribution in [3.63, 3.8) is 0 Å². The molecule has 0 radical (unpaired) electrons. The Hall–Kier alpha value is -1.14. The minimum absolute atomic E-state index is 0.144. The minimum Gasteiger partial charge on any atom is -0.390 e. The summed E-state index contributed by atoms with van der Waals surface area (Å²) in [5.41, 5.74) is 0.370. The van der Waals surface area contributed by atoms with Gasteiger partial charge in [-0.05, 0) is 6.07 Å². The van der Waals surface area contributed by atoms with Gasteiger partial charge in [0.25, 0.3) is 5.56 Å². The molecule has 2 aromatic rings. The molecule has 15 heavy (non-hydrogen) atoms. The number of aliphatic hydroxyl groups excluding tert-OH is 1. The zero-order valence-corrected chi connectivity index (χ0v) is 9.46. The zero-order valence-electron chi connectivity index (χ0n) is 7.88. The Balaban J connectivity index is 2.44. The first-order chi connectivity index (χ1) is 7.22. The second-order valence-electron chi connectivity index (χ2n) is 3.22. The number of aliphatic hydroxyl groups is 1. The first kappa shape index (κ1) is 10.4. The van der Waals surface area contributed by atoms with E-state index in [1.165, 1.54) is 9.08 Å². The Morgan fingerprint density at radius 1 is 1.53 bits per heavy atom. The summed E-state index contributed by atoms with van der Waals surface area (Å²) in [4.78, 5) is 11.8. The fourth-order valence-electron chi connectivity index (χ4n) is 1.38. The average Bonchev–Trinajstić information content (AvgIpc) is 2.70. The summed E-state index contributed by atoms with van der Waals surface area (Å²) in [6, 6.07) is 1.65. The molecule has 0 bridgehead atoms. The maximum atomic E-state index is 11.8. The lowest BCUT2D eigenvalue weighted by atomic mass is 10.4. The average molecular weight is 272 g/mol. The van der Waals surface area contributed by atoms with E-state index in [2.05, 4.69) is 21.0 Å². The number of aromatic nitrogens is 3. The summed E-state index contributed by atoms with van der Waals surface area (Å²) in [6.07, 6.45) is 4.32. The van der Waals surface area contributed by atoms with Crippen LogP contribution in [0.4, 0.5) is 0 Å². The van der Waals surface area contributed by atoms with Crippen molar-refractivity contribution in [2.24, 2.45) is 0 Å². The van der Waals surface area contributed by atoms with Crippen molar-refractivity contribution in [3.8, 4) is 0 Å². The zero-order chi connectivity index (χ0) is 10.8. The van der Waals surface area contributed by atoms with Crippen LogP contribution in [0.2, 0.25) is 0 Å². The van der Waals surface area contributed by atoms with E-state index >= 15 is 0 Å². The quantitative estimate of drug-likeness (QED) is 0.815. The summed E-state index contributed by atoms with van der Waals surface area (Å²) < 4.78 is 2.99. The van der Waals surface area contributed by atoms with E-state index in [1.54, 1.807) is 24.7 Å². The van der Waals surface area contributed by atoms with Crippen LogP contribution in [0.3, 0.4) is 0 Å². The molecular weight excluding hydrogens is 262 g/mol. The van der Waals surface area contributed by atoms with Gasteiger partial charge in [-0.15, -0.1) is 0 Å². The third kappa shape index (κ3) is 1.95. The van der Waals surface area contributed by atoms with Crippen molar-refractivity contribution < 1.29 is 5.11 Å². The molecule has 1 unspecified atom stereocenters. The molecule has 5 nitrogen and oxygen atoms in total. The molecule has 2 rings (SSSR count). The Bertz CT molecular complexity index is 519. The lowest BCUT2D eigenvalue weighted by Gasteiger charge is -2.09. The summed E-state index contributed by atoms with van der Waals surface area (Å²) in [5.74, 6) is 0. The van der Waals surface area contributed by atoms with Crippen LogP contribution in [0.15, 0.2) is 29.5 Å². The Kier molecular flexibility index (Phi) is 2.88. The molecule has 0 saturated carbocycles. The molecule has 80 valence electrons. The molecule has 0 fully saturated rings. The van der Waals surface area contributed by atoms with Crippen LogP contribution < -0.4 is 5.56 Å². The predicted molar refractivity (Wildman–Crippen MR) is 59.3 cm³/mol. The number of hydrogen-bond acceptors (Lipinski definition) is 3. The van der Waals surface area contributed by atoms with Crippen LogP contribution in [0.1, 0.15) is 0 Å². The highest BCUT2D eigenvalue weighted by Crippen LogP contribution is 1.97. The van der Waals surface area contributed by atoms with E-state index in [0.29, 0.717) is 10.8 Å². The summed E-state index contributed by atoms with van der Waals surface area (Å²) in [6.45, 7) is 0.283. The van der Waals surface area contributed by atoms with E-state index in [4.69, 9.17) is 0 Å². The molecule has 1 N–H and O–H groups in total. The van der Waals surface area contributed by atoms with Crippen LogP contribution in [0, 0.1) is 0 Å². The SMILES string of the molecule is O=c1c2ccnn2ccn1CC(O)CBr. The normalized spacial score (nSPS) is 13.2. The van der Waals surface area contributed by atoms with Crippen molar-refractivity contribution in [3.05, 3.63) is 35.0 Å². The molecule has 2 heterocycles. The van der Waals surface area contributed by atoms with E-state index < -0.39 is 6.10 Å². The molecule has 0 aliphatic rings. The molecule has 6 heteroatoms. The fourth-order valence-corrected chi connectivity index (χ4v) is 1.59. The Morgan fingerprint density at radius 3 is 3.07 bits per heavy atom. The van der Waals surface area contributed by atoms with Crippen LogP contribution >= 0.6 is 15.9 Å². The summed E-state index contributed by atoms with van der Waals surface area (Å²) in [5, 5.41) is 13.8. The number of rotatable bonds is 3. The Labute approximate surface area is 94.1 Å². The van der Waals surface area contributed by atoms with Gasteiger partial charge in [0.1, 0.15) is 5.52 Å². The molecule has 0 spiro atoms. The molecule has 0 aliphatic carbocycles. The second kappa shape index (κ2) is 4.16. The topological polar surface area (TPSA) is 59.5 Å². The van der Waals surface area contributed by atoms with Crippen molar-refractivity contribution in [2.45, 2.75) is 12.6 Å². The maximum Gasteiger partial charge on any atom is 0.276 e. The molecule has 0 aromatic carbocycles. The first-order valence-corrected chi connectivity index (χ1v) is 5.61. The lowest BCUT2D eigenvalue weighted by Crippen LogP contribution is -2.27. The molecule has 0 saturated heterocycles. The molecule has 1 atom stereocenters. The van der Waals surface area contributed by atoms with Gasteiger partial charge in [0, 0.05) is 17.7 Å². The first-order valence-electron chi connectivity index (χ1n) is 4.49. The molecule has 2 aromatic heterocycles. The summed E-state index contributed by atoms with van der Waals surface area (Å²) >= 11 is 3.16. The molecule has 0 aliphatic heterocycles. The predicted octanol–water partition coefficient (Wildman–Crippen LogP) is 0.252. The number of halogens is 1. The van der Waals surface area contributed by atoms with Crippen molar-refractivity contribution in [1.29, 1.82) is 0 Å². The minimum atomic E-state index is -0.562. The lowest BCUT2D eigenvalue weighted by molar-refractivity contribution is 0.178. The van der Waals surface area contributed by atoms with E-state index in [9.17, 15) is 9.90 Å².